The molecule has 0 aliphatic heterocycles. The fourth-order valence-corrected chi connectivity index (χ4v) is 2.06. The summed E-state index contributed by atoms with van der Waals surface area (Å²) in [5.41, 5.74) is 0.129. The number of quaternary nitrogens is 1. The Hall–Kier alpha value is -0.480. The highest BCUT2D eigenvalue weighted by Crippen LogP contribution is 2.30. The number of rotatable bonds is 7. The molecule has 0 saturated carbocycles. The number of ether oxygens (including phenoxy) is 1. The molecule has 0 rings (SSSR count). The van der Waals surface area contributed by atoms with E-state index in [2.05, 4.69) is 6.58 Å². The number of carbonyl (C=O) groups excluding carboxylic acids is 2. The van der Waals surface area contributed by atoms with Crippen molar-refractivity contribution in [2.24, 2.45) is 0 Å². The van der Waals surface area contributed by atoms with Gasteiger partial charge in [-0.2, -0.15) is 0 Å². The Balaban J connectivity index is 0. The van der Waals surface area contributed by atoms with E-state index in [0.29, 0.717) is 10.1 Å². The van der Waals surface area contributed by atoms with E-state index in [9.17, 15) is 14.5 Å². The summed E-state index contributed by atoms with van der Waals surface area (Å²) in [7, 11) is 3.91. The number of hydrogen-bond donors (Lipinski definition) is 1. The molecule has 0 heterocycles. The highest BCUT2D eigenvalue weighted by Gasteiger charge is 2.22. The Morgan fingerprint density at radius 3 is 2.22 bits per heavy atom. The molecule has 106 valence electrons. The molecule has 0 aromatic carbocycles. The van der Waals surface area contributed by atoms with Crippen LogP contribution in [0.25, 0.3) is 0 Å². The smallest absolute Gasteiger partial charge is 0.333 e. The second kappa shape index (κ2) is 8.59. The maximum absolute atomic E-state index is 11.6. The molecule has 5 nitrogen and oxygen atoms in total. The lowest BCUT2D eigenvalue weighted by Crippen LogP contribution is -3.00. The van der Waals surface area contributed by atoms with Gasteiger partial charge in [-0.1, -0.05) is 6.58 Å². The number of likely N-dealkylation sites (N-methyl/N-ethyl adjacent to an activating group) is 1. The first-order valence-corrected chi connectivity index (χ1v) is 6.74. The van der Waals surface area contributed by atoms with Gasteiger partial charge in [0.05, 0.1) is 27.7 Å². The van der Waals surface area contributed by atoms with E-state index in [1.54, 1.807) is 6.92 Å². The van der Waals surface area contributed by atoms with E-state index in [-0.39, 0.29) is 37.2 Å². The number of carbonyl (C=O) groups is 2. The van der Waals surface area contributed by atoms with Gasteiger partial charge in [0.15, 0.2) is 0 Å². The lowest BCUT2D eigenvalue weighted by atomic mass is 10.4. The van der Waals surface area contributed by atoms with Crippen LogP contribution in [-0.4, -0.2) is 61.3 Å². The summed E-state index contributed by atoms with van der Waals surface area (Å²) in [6.45, 7) is 5.31. The van der Waals surface area contributed by atoms with Gasteiger partial charge in [0, 0.05) is 11.7 Å². The van der Waals surface area contributed by atoms with E-state index in [1.807, 2.05) is 21.1 Å². The monoisotopic (exact) mass is 297 g/mol. The minimum atomic E-state index is -1.72. The maximum Gasteiger partial charge on any atom is 0.333 e. The molecule has 0 fully saturated rings. The molecular formula is C11H21ClNO4P. The molecule has 0 bridgehead atoms. The number of halogens is 1. The molecule has 1 N–H and O–H groups in total. The van der Waals surface area contributed by atoms with Crippen LogP contribution in [0.3, 0.4) is 0 Å². The Kier molecular flexibility index (Phi) is 9.48. The van der Waals surface area contributed by atoms with Gasteiger partial charge in [0.25, 0.3) is 0 Å². The van der Waals surface area contributed by atoms with Crippen LogP contribution in [0, 0.1) is 0 Å². The zero-order chi connectivity index (χ0) is 13.6. The van der Waals surface area contributed by atoms with E-state index in [4.69, 9.17) is 4.74 Å². The van der Waals surface area contributed by atoms with Crippen LogP contribution in [0.5, 0.6) is 0 Å². The van der Waals surface area contributed by atoms with Crippen molar-refractivity contribution in [2.45, 2.75) is 6.92 Å². The van der Waals surface area contributed by atoms with Crippen molar-refractivity contribution in [2.75, 3.05) is 40.5 Å². The first kappa shape index (κ1) is 19.9. The zero-order valence-electron chi connectivity index (χ0n) is 11.3. The molecule has 0 amide bonds. The summed E-state index contributed by atoms with van der Waals surface area (Å²) in [6, 6.07) is 0. The Bertz CT molecular complexity index is 315. The van der Waals surface area contributed by atoms with E-state index in [0.717, 1.165) is 0 Å². The average Bonchev–Trinajstić information content (AvgIpc) is 2.14. The number of nitrogens with zero attached hydrogens (tertiary/aromatic N) is 1. The zero-order valence-corrected chi connectivity index (χ0v) is 12.9. The Morgan fingerprint density at radius 2 is 1.83 bits per heavy atom. The van der Waals surface area contributed by atoms with E-state index < -0.39 is 14.1 Å². The quantitative estimate of drug-likeness (QED) is 0.249. The third kappa shape index (κ3) is 9.54. The molecule has 0 aliphatic carbocycles. The molecule has 0 saturated heterocycles. The summed E-state index contributed by atoms with van der Waals surface area (Å²) in [4.78, 5) is 32.2. The van der Waals surface area contributed by atoms with Crippen LogP contribution in [0.4, 0.5) is 0 Å². The largest absolute Gasteiger partial charge is 1.00 e. The van der Waals surface area contributed by atoms with E-state index in [1.165, 1.54) is 0 Å². The van der Waals surface area contributed by atoms with Crippen LogP contribution in [0.2, 0.25) is 0 Å². The Labute approximate surface area is 116 Å². The summed E-state index contributed by atoms with van der Waals surface area (Å²) < 4.78 is 5.29. The fourth-order valence-electron chi connectivity index (χ4n) is 0.960. The molecule has 1 atom stereocenters. The van der Waals surface area contributed by atoms with Crippen LogP contribution < -0.4 is 12.4 Å². The van der Waals surface area contributed by atoms with Crippen molar-refractivity contribution >= 4 is 19.6 Å². The van der Waals surface area contributed by atoms with Crippen molar-refractivity contribution in [3.63, 3.8) is 0 Å². The minimum Gasteiger partial charge on any atom is -1.00 e. The summed E-state index contributed by atoms with van der Waals surface area (Å²) in [5, 5.41) is 0. The highest BCUT2D eigenvalue weighted by molar-refractivity contribution is 7.69. The highest BCUT2D eigenvalue weighted by atomic mass is 35.5. The van der Waals surface area contributed by atoms with Crippen LogP contribution in [-0.2, 0) is 14.3 Å². The molecule has 0 aliphatic rings. The third-order valence-corrected chi connectivity index (χ3v) is 3.11. The van der Waals surface area contributed by atoms with Gasteiger partial charge >= 0.3 is 5.97 Å². The topological polar surface area (TPSA) is 63.6 Å². The van der Waals surface area contributed by atoms with Crippen molar-refractivity contribution in [3.05, 3.63) is 12.2 Å². The molecule has 0 radical (unpaired) electrons. The lowest BCUT2D eigenvalue weighted by Gasteiger charge is -2.23. The van der Waals surface area contributed by atoms with Gasteiger partial charge < -0.3 is 26.5 Å². The van der Waals surface area contributed by atoms with Gasteiger partial charge in [-0.3, -0.25) is 4.79 Å². The first-order valence-electron chi connectivity index (χ1n) is 5.26. The van der Waals surface area contributed by atoms with Crippen molar-refractivity contribution in [3.8, 4) is 0 Å². The van der Waals surface area contributed by atoms with Crippen molar-refractivity contribution < 1.29 is 36.1 Å². The van der Waals surface area contributed by atoms with Gasteiger partial charge in [0.1, 0.15) is 14.7 Å². The number of esters is 1. The molecule has 1 unspecified atom stereocenters. The summed E-state index contributed by atoms with van der Waals surface area (Å²) >= 11 is 0. The van der Waals surface area contributed by atoms with Crippen LogP contribution in [0.1, 0.15) is 6.92 Å². The van der Waals surface area contributed by atoms with Gasteiger partial charge in [-0.05, 0) is 6.92 Å². The summed E-state index contributed by atoms with van der Waals surface area (Å²) in [6.07, 6.45) is 0.188. The molecule has 18 heavy (non-hydrogen) atoms. The van der Waals surface area contributed by atoms with Crippen molar-refractivity contribution in [1.82, 2.24) is 0 Å². The van der Waals surface area contributed by atoms with E-state index >= 15 is 0 Å². The van der Waals surface area contributed by atoms with Gasteiger partial charge in [-0.25, -0.2) is 4.79 Å². The maximum atomic E-state index is 11.6. The third-order valence-electron chi connectivity index (χ3n) is 1.78. The molecule has 0 spiro atoms. The second-order valence-electron chi connectivity index (χ2n) is 4.88. The normalized spacial score (nSPS) is 12.3. The molecule has 7 heteroatoms. The molecular weight excluding hydrogens is 277 g/mol. The van der Waals surface area contributed by atoms with Crippen molar-refractivity contribution in [1.29, 1.82) is 0 Å². The number of hydrogen-bond acceptors (Lipinski definition) is 4. The predicted molar refractivity (Wildman–Crippen MR) is 67.7 cm³/mol. The van der Waals surface area contributed by atoms with Gasteiger partial charge in [0.2, 0.25) is 5.52 Å². The standard InChI is InChI=1S/C11H21NO4P.ClH/c1-9(2)11(14)16-6-7-17(15)10(13)8-12(3,4)5;/h15H,1,6-8H2,2-5H3;1H/q+1;/p-1. The lowest BCUT2D eigenvalue weighted by molar-refractivity contribution is -0.861. The second-order valence-corrected chi connectivity index (χ2v) is 6.63. The first-order chi connectivity index (χ1) is 7.63. The fraction of sp³-hybridized carbons (Fsp3) is 0.636. The molecule has 0 aromatic heterocycles. The SMILES string of the molecule is C=C(C)C(=O)OCCP(O)C(=O)C[N+](C)(C)C.[Cl-]. The summed E-state index contributed by atoms with van der Waals surface area (Å²) in [5.74, 6) is -0.493. The average molecular weight is 298 g/mol. The van der Waals surface area contributed by atoms with Gasteiger partial charge in [-0.15, -0.1) is 0 Å². The molecule has 0 aromatic rings. The minimum absolute atomic E-state index is 0. The predicted octanol–water partition coefficient (Wildman–Crippen LogP) is -2.27. The van der Waals surface area contributed by atoms with Crippen LogP contribution >= 0.6 is 8.15 Å². The van der Waals surface area contributed by atoms with Crippen LogP contribution in [0.15, 0.2) is 12.2 Å². The Morgan fingerprint density at radius 1 is 1.33 bits per heavy atom.